The van der Waals surface area contributed by atoms with E-state index in [4.69, 9.17) is 4.74 Å². The van der Waals surface area contributed by atoms with Crippen molar-refractivity contribution >= 4 is 55.9 Å². The van der Waals surface area contributed by atoms with Crippen LogP contribution in [0.4, 0.5) is 11.4 Å². The molecule has 0 atom stereocenters. The number of ether oxygens (including phenoxy) is 1. The standard InChI is InChI=1S/C42H39BrN6O4/c1-42(2,3)53-41(52)35-11-5-9-29-8-4-10-34(37(29)35)40(51)45-32-21-16-28(17-22-32)27-14-19-31(20-15-27)44-39(50)30-18-23-33(36(43)25-30)38-46-48-49(47-38)24-6-7-26-12-13-26/h4-5,8-11,14-23,25-26H,6-7,12-13,24H2,1-3H3,(H,44,50)(H,45,51). The number of hydrogen-bond donors (Lipinski definition) is 2. The fourth-order valence-electron chi connectivity index (χ4n) is 6.14. The molecular formula is C42H39BrN6O4. The fourth-order valence-corrected chi connectivity index (χ4v) is 6.69. The molecule has 0 bridgehead atoms. The highest BCUT2D eigenvalue weighted by Gasteiger charge is 2.23. The first kappa shape index (κ1) is 35.7. The van der Waals surface area contributed by atoms with Gasteiger partial charge in [0.2, 0.25) is 5.82 Å². The number of esters is 1. The second kappa shape index (κ2) is 15.1. The van der Waals surface area contributed by atoms with Gasteiger partial charge in [0.05, 0.1) is 12.1 Å². The molecule has 1 aliphatic carbocycles. The summed E-state index contributed by atoms with van der Waals surface area (Å²) in [6.45, 7) is 6.18. The van der Waals surface area contributed by atoms with Crippen molar-refractivity contribution in [2.45, 2.75) is 58.6 Å². The number of rotatable bonds is 11. The van der Waals surface area contributed by atoms with Crippen LogP contribution in [0.15, 0.2) is 108 Å². The third-order valence-electron chi connectivity index (χ3n) is 8.98. The highest BCUT2D eigenvalue weighted by molar-refractivity contribution is 9.10. The van der Waals surface area contributed by atoms with Crippen molar-refractivity contribution in [1.82, 2.24) is 20.2 Å². The molecule has 1 saturated carbocycles. The molecule has 0 unspecified atom stereocenters. The Bertz CT molecular complexity index is 2300. The molecule has 1 aliphatic rings. The lowest BCUT2D eigenvalue weighted by Crippen LogP contribution is -2.24. The lowest BCUT2D eigenvalue weighted by molar-refractivity contribution is 0.00716. The SMILES string of the molecule is CC(C)(C)OC(=O)c1cccc2cccc(C(=O)Nc3ccc(-c4ccc(NC(=O)c5ccc(-c6nnn(CCCC7CC7)n6)c(Br)c5)cc4)cc3)c12. The van der Waals surface area contributed by atoms with Gasteiger partial charge in [0.25, 0.3) is 11.8 Å². The number of nitrogens with one attached hydrogen (secondary N) is 2. The summed E-state index contributed by atoms with van der Waals surface area (Å²) in [6.07, 6.45) is 4.92. The Balaban J connectivity index is 0.976. The predicted molar refractivity (Wildman–Crippen MR) is 210 cm³/mol. The van der Waals surface area contributed by atoms with Gasteiger partial charge in [-0.1, -0.05) is 77.3 Å². The Morgan fingerprint density at radius 1 is 0.811 bits per heavy atom. The zero-order valence-corrected chi connectivity index (χ0v) is 31.3. The van der Waals surface area contributed by atoms with E-state index in [0.717, 1.165) is 41.0 Å². The Hall–Kier alpha value is -5.68. The van der Waals surface area contributed by atoms with Gasteiger partial charge in [-0.3, -0.25) is 9.59 Å². The monoisotopic (exact) mass is 770 g/mol. The molecule has 53 heavy (non-hydrogen) atoms. The molecular weight excluding hydrogens is 732 g/mol. The van der Waals surface area contributed by atoms with Crippen LogP contribution in [0.5, 0.6) is 0 Å². The van der Waals surface area contributed by atoms with E-state index in [2.05, 4.69) is 42.0 Å². The molecule has 10 nitrogen and oxygen atoms in total. The van der Waals surface area contributed by atoms with E-state index in [1.807, 2.05) is 87.5 Å². The molecule has 5 aromatic carbocycles. The van der Waals surface area contributed by atoms with Gasteiger partial charge in [-0.25, -0.2) is 4.79 Å². The van der Waals surface area contributed by atoms with Crippen molar-refractivity contribution in [2.75, 3.05) is 10.6 Å². The average Bonchev–Trinajstić information content (AvgIpc) is 3.85. The van der Waals surface area contributed by atoms with Crippen LogP contribution in [-0.2, 0) is 11.3 Å². The van der Waals surface area contributed by atoms with E-state index >= 15 is 0 Å². The van der Waals surface area contributed by atoms with Crippen LogP contribution in [0.25, 0.3) is 33.3 Å². The van der Waals surface area contributed by atoms with Gasteiger partial charge >= 0.3 is 5.97 Å². The van der Waals surface area contributed by atoms with Crippen LogP contribution in [0.2, 0.25) is 0 Å². The number of aryl methyl sites for hydroxylation is 1. The minimum absolute atomic E-state index is 0.244. The summed E-state index contributed by atoms with van der Waals surface area (Å²) in [4.78, 5) is 41.3. The van der Waals surface area contributed by atoms with Crippen molar-refractivity contribution in [1.29, 1.82) is 0 Å². The molecule has 1 fully saturated rings. The van der Waals surface area contributed by atoms with Gasteiger partial charge in [0, 0.05) is 37.9 Å². The molecule has 0 aliphatic heterocycles. The van der Waals surface area contributed by atoms with E-state index < -0.39 is 11.6 Å². The van der Waals surface area contributed by atoms with Gasteiger partial charge in [-0.2, -0.15) is 4.80 Å². The summed E-state index contributed by atoms with van der Waals surface area (Å²) in [5.41, 5.74) is 4.44. The number of carbonyl (C=O) groups is 3. The summed E-state index contributed by atoms with van der Waals surface area (Å²) in [7, 11) is 0. The van der Waals surface area contributed by atoms with Crippen molar-refractivity contribution in [3.8, 4) is 22.5 Å². The zero-order valence-electron chi connectivity index (χ0n) is 29.7. The number of aromatic nitrogens is 4. The van der Waals surface area contributed by atoms with Crippen LogP contribution < -0.4 is 10.6 Å². The number of nitrogens with zero attached hydrogens (tertiary/aromatic N) is 4. The molecule has 1 heterocycles. The van der Waals surface area contributed by atoms with Crippen molar-refractivity contribution in [2.24, 2.45) is 5.92 Å². The summed E-state index contributed by atoms with van der Waals surface area (Å²) in [5, 5.41) is 20.2. The Labute approximate surface area is 316 Å². The molecule has 7 rings (SSSR count). The van der Waals surface area contributed by atoms with Gasteiger partial charge in [-0.15, -0.1) is 10.2 Å². The van der Waals surface area contributed by atoms with Crippen LogP contribution in [0, 0.1) is 5.92 Å². The van der Waals surface area contributed by atoms with Crippen LogP contribution in [-0.4, -0.2) is 43.6 Å². The van der Waals surface area contributed by atoms with Gasteiger partial charge in [-0.05, 0) is 116 Å². The summed E-state index contributed by atoms with van der Waals surface area (Å²) in [6, 6.07) is 31.1. The number of halogens is 1. The summed E-state index contributed by atoms with van der Waals surface area (Å²) >= 11 is 3.58. The highest BCUT2D eigenvalue weighted by Crippen LogP contribution is 2.34. The van der Waals surface area contributed by atoms with Crippen molar-refractivity contribution in [3.05, 3.63) is 124 Å². The van der Waals surface area contributed by atoms with Crippen LogP contribution in [0.3, 0.4) is 0 Å². The minimum Gasteiger partial charge on any atom is -0.456 e. The molecule has 0 radical (unpaired) electrons. The van der Waals surface area contributed by atoms with Crippen LogP contribution in [0.1, 0.15) is 77.5 Å². The molecule has 1 aromatic heterocycles. The molecule has 268 valence electrons. The quantitative estimate of drug-likeness (QED) is 0.126. The Kier molecular flexibility index (Phi) is 10.2. The smallest absolute Gasteiger partial charge is 0.339 e. The van der Waals surface area contributed by atoms with Gasteiger partial charge < -0.3 is 15.4 Å². The second-order valence-corrected chi connectivity index (χ2v) is 15.1. The molecule has 2 N–H and O–H groups in total. The third-order valence-corrected chi connectivity index (χ3v) is 9.64. The minimum atomic E-state index is -0.672. The van der Waals surface area contributed by atoms with Crippen molar-refractivity contribution < 1.29 is 19.1 Å². The maximum absolute atomic E-state index is 13.5. The second-order valence-electron chi connectivity index (χ2n) is 14.3. The lowest BCUT2D eigenvalue weighted by atomic mass is 9.98. The number of tetrazole rings is 1. The fraction of sp³-hybridized carbons (Fsp3) is 0.238. The Morgan fingerprint density at radius 3 is 2.04 bits per heavy atom. The number of anilines is 2. The summed E-state index contributed by atoms with van der Waals surface area (Å²) < 4.78 is 6.33. The topological polar surface area (TPSA) is 128 Å². The number of hydrogen-bond acceptors (Lipinski definition) is 7. The zero-order chi connectivity index (χ0) is 37.1. The molecule has 11 heteroatoms. The van der Waals surface area contributed by atoms with E-state index in [-0.39, 0.29) is 11.8 Å². The predicted octanol–water partition coefficient (Wildman–Crippen LogP) is 9.57. The first-order chi connectivity index (χ1) is 25.5. The highest BCUT2D eigenvalue weighted by atomic mass is 79.9. The van der Waals surface area contributed by atoms with E-state index in [1.165, 1.54) is 19.3 Å². The molecule has 6 aromatic rings. The van der Waals surface area contributed by atoms with E-state index in [0.29, 0.717) is 43.7 Å². The first-order valence-corrected chi connectivity index (χ1v) is 18.5. The van der Waals surface area contributed by atoms with Gasteiger partial charge in [0.15, 0.2) is 0 Å². The molecule has 0 saturated heterocycles. The van der Waals surface area contributed by atoms with Crippen LogP contribution >= 0.6 is 15.9 Å². The largest absolute Gasteiger partial charge is 0.456 e. The maximum atomic E-state index is 13.5. The summed E-state index contributed by atoms with van der Waals surface area (Å²) in [5.74, 6) is 0.327. The number of fused-ring (bicyclic) bond motifs is 1. The maximum Gasteiger partial charge on any atom is 0.339 e. The van der Waals surface area contributed by atoms with E-state index in [1.54, 1.807) is 41.2 Å². The van der Waals surface area contributed by atoms with Crippen molar-refractivity contribution in [3.63, 3.8) is 0 Å². The number of benzene rings is 5. The number of amides is 2. The molecule has 2 amide bonds. The number of carbonyl (C=O) groups excluding carboxylic acids is 3. The van der Waals surface area contributed by atoms with Gasteiger partial charge in [0.1, 0.15) is 5.60 Å². The normalized spacial score (nSPS) is 12.8. The lowest BCUT2D eigenvalue weighted by Gasteiger charge is -2.20. The van der Waals surface area contributed by atoms with E-state index in [9.17, 15) is 14.4 Å². The average molecular weight is 772 g/mol. The first-order valence-electron chi connectivity index (χ1n) is 17.7. The molecule has 0 spiro atoms. The third kappa shape index (κ3) is 8.69. The Morgan fingerprint density at radius 2 is 1.43 bits per heavy atom.